The lowest BCUT2D eigenvalue weighted by Gasteiger charge is -2.39. The van der Waals surface area contributed by atoms with Gasteiger partial charge in [-0.15, -0.1) is 0 Å². The van der Waals surface area contributed by atoms with Gasteiger partial charge in [-0.05, 0) is 163 Å². The van der Waals surface area contributed by atoms with Gasteiger partial charge in [-0.1, -0.05) is 30.6 Å². The smallest absolute Gasteiger partial charge is 0.253 e. The molecule has 10 rings (SSSR count). The maximum atomic E-state index is 12.9. The molecule has 2 amide bonds. The molecule has 14 heteroatoms. The Morgan fingerprint density at radius 1 is 0.577 bits per heavy atom. The number of ketones is 2. The number of aryl methyl sites for hydroxylation is 2. The van der Waals surface area contributed by atoms with Crippen molar-refractivity contribution in [1.82, 2.24) is 29.4 Å². The maximum absolute atomic E-state index is 12.9. The van der Waals surface area contributed by atoms with Crippen LogP contribution in [-0.2, 0) is 22.6 Å². The summed E-state index contributed by atoms with van der Waals surface area (Å²) in [6.07, 6.45) is 14.7. The second-order valence-corrected chi connectivity index (χ2v) is 21.0. The van der Waals surface area contributed by atoms with Gasteiger partial charge < -0.3 is 19.3 Å². The Kier molecular flexibility index (Phi) is 16.8. The van der Waals surface area contributed by atoms with Crippen LogP contribution in [0.3, 0.4) is 0 Å². The molecule has 12 nitrogen and oxygen atoms in total. The molecule has 4 fully saturated rings. The minimum Gasteiger partial charge on any atom is -0.375 e. The van der Waals surface area contributed by atoms with Crippen molar-refractivity contribution in [2.45, 2.75) is 137 Å². The number of amides is 2. The van der Waals surface area contributed by atoms with E-state index in [4.69, 9.17) is 42.9 Å². The van der Waals surface area contributed by atoms with Crippen molar-refractivity contribution < 1.29 is 28.7 Å². The van der Waals surface area contributed by atoms with E-state index >= 15 is 0 Å². The lowest BCUT2D eigenvalue weighted by molar-refractivity contribution is -0.0459. The van der Waals surface area contributed by atoms with E-state index < -0.39 is 0 Å². The second-order valence-electron chi connectivity index (χ2n) is 20.1. The molecule has 0 radical (unpaired) electrons. The van der Waals surface area contributed by atoms with Crippen LogP contribution in [-0.4, -0.2) is 103 Å². The lowest BCUT2D eigenvalue weighted by Crippen LogP contribution is -2.51. The number of carbonyl (C=O) groups excluding carboxylic acids is 4. The molecule has 6 aromatic rings. The van der Waals surface area contributed by atoms with Crippen molar-refractivity contribution in [1.29, 1.82) is 0 Å². The van der Waals surface area contributed by atoms with Gasteiger partial charge in [0.2, 0.25) is 0 Å². The molecule has 0 unspecified atom stereocenters. The van der Waals surface area contributed by atoms with Crippen LogP contribution in [0.4, 0.5) is 0 Å². The third-order valence-corrected chi connectivity index (χ3v) is 15.2. The van der Waals surface area contributed by atoms with E-state index in [1.54, 1.807) is 48.5 Å². The Hall–Kier alpha value is -5.40. The van der Waals surface area contributed by atoms with Gasteiger partial charge in [-0.25, -0.2) is 0 Å². The molecule has 2 aliphatic heterocycles. The predicted molar refractivity (Wildman–Crippen MR) is 281 cm³/mol. The summed E-state index contributed by atoms with van der Waals surface area (Å²) in [6.45, 7) is 12.5. The van der Waals surface area contributed by atoms with E-state index in [2.05, 4.69) is 13.8 Å². The first-order chi connectivity index (χ1) is 33.7. The Morgan fingerprint density at radius 3 is 1.28 bits per heavy atom. The molecular weight excluding hydrogens is 936 g/mol. The minimum absolute atomic E-state index is 0. The Morgan fingerprint density at radius 2 is 0.944 bits per heavy atom. The zero-order valence-corrected chi connectivity index (χ0v) is 42.3. The van der Waals surface area contributed by atoms with Gasteiger partial charge in [0, 0.05) is 119 Å². The van der Waals surface area contributed by atoms with Crippen molar-refractivity contribution in [2.75, 3.05) is 26.2 Å². The first-order valence-electron chi connectivity index (χ1n) is 25.1. The van der Waals surface area contributed by atoms with Crippen LogP contribution in [0.2, 0.25) is 10.0 Å². The average Bonchev–Trinajstić information content (AvgIpc) is 3.92. The summed E-state index contributed by atoms with van der Waals surface area (Å²) < 4.78 is 15.9. The van der Waals surface area contributed by atoms with E-state index in [1.165, 1.54) is 12.8 Å². The summed E-state index contributed by atoms with van der Waals surface area (Å²) in [7, 11) is 0. The highest BCUT2D eigenvalue weighted by molar-refractivity contribution is 6.31. The molecule has 2 atom stereocenters. The van der Waals surface area contributed by atoms with Gasteiger partial charge in [0.1, 0.15) is 0 Å². The van der Waals surface area contributed by atoms with Crippen molar-refractivity contribution in [3.63, 3.8) is 0 Å². The van der Waals surface area contributed by atoms with Gasteiger partial charge >= 0.3 is 0 Å². The fourth-order valence-corrected chi connectivity index (χ4v) is 10.1. The van der Waals surface area contributed by atoms with Crippen molar-refractivity contribution in [3.8, 4) is 0 Å². The summed E-state index contributed by atoms with van der Waals surface area (Å²) >= 11 is 11.8. The van der Waals surface area contributed by atoms with Gasteiger partial charge in [-0.2, -0.15) is 10.2 Å². The number of nitrogens with zero attached hydrogens (tertiary/aromatic N) is 6. The molecule has 2 aliphatic carbocycles. The topological polar surface area (TPSA) is 129 Å². The van der Waals surface area contributed by atoms with Crippen LogP contribution in [0.15, 0.2) is 85.2 Å². The first kappa shape index (κ1) is 51.9. The highest BCUT2D eigenvalue weighted by Gasteiger charge is 2.33. The highest BCUT2D eigenvalue weighted by atomic mass is 35.5. The molecule has 0 N–H and O–H groups in total. The number of hydrogen-bond acceptors (Lipinski definition) is 8. The molecule has 2 saturated heterocycles. The van der Waals surface area contributed by atoms with Crippen LogP contribution in [0, 0.1) is 25.7 Å². The van der Waals surface area contributed by atoms with E-state index in [9.17, 15) is 19.2 Å². The van der Waals surface area contributed by atoms with Gasteiger partial charge in [-0.3, -0.25) is 28.5 Å². The number of likely N-dealkylation sites (tertiary alicyclic amines) is 2. The van der Waals surface area contributed by atoms with E-state index in [1.807, 2.05) is 69.7 Å². The molecule has 71 heavy (non-hydrogen) atoms. The molecule has 2 aromatic heterocycles. The number of rotatable bonds is 18. The third-order valence-electron chi connectivity index (χ3n) is 14.7. The number of halogens is 2. The Balaban J connectivity index is 0.000000188. The molecule has 2 saturated carbocycles. The monoisotopic (exact) mass is 1000 g/mol. The number of aromatic nitrogens is 4. The lowest BCUT2D eigenvalue weighted by atomic mass is 9.95. The fourth-order valence-electron chi connectivity index (χ4n) is 9.88. The number of carbonyl (C=O) groups is 4. The van der Waals surface area contributed by atoms with Crippen molar-refractivity contribution in [3.05, 3.63) is 129 Å². The molecule has 4 aromatic carbocycles. The van der Waals surface area contributed by atoms with Crippen LogP contribution in [0.25, 0.3) is 21.8 Å². The van der Waals surface area contributed by atoms with Crippen molar-refractivity contribution >= 4 is 68.4 Å². The summed E-state index contributed by atoms with van der Waals surface area (Å²) in [5, 5.41) is 12.7. The van der Waals surface area contributed by atoms with E-state index in [0.29, 0.717) is 84.2 Å². The second kappa shape index (κ2) is 23.0. The Labute approximate surface area is 427 Å². The molecule has 376 valence electrons. The Bertz CT molecular complexity index is 2650. The van der Waals surface area contributed by atoms with E-state index in [-0.39, 0.29) is 43.0 Å². The number of benzene rings is 4. The number of Topliss-reactive ketones (excluding diaryl/α,β-unsaturated/α-hetero) is 2. The third kappa shape index (κ3) is 12.4. The van der Waals surface area contributed by atoms with Crippen LogP contribution >= 0.6 is 23.2 Å². The standard InChI is InChI=1S/2C28H32ClN3O3.CH4/c2*1-18(35-23-4-3-5-23)6-13-27(33)24-11-12-26-25(19(24)2)17-32(30-26)16-20-14-31(15-20)28(34)21-7-9-22(29)10-8-21;/h2*7-12,17-18,20,23H,3-6,13-16H2,1-2H3;1H4/t2*18-;/m10./s1. The largest absolute Gasteiger partial charge is 0.375 e. The van der Waals surface area contributed by atoms with Gasteiger partial charge in [0.05, 0.1) is 35.4 Å². The zero-order valence-electron chi connectivity index (χ0n) is 40.7. The number of hydrogen-bond donors (Lipinski definition) is 0. The number of fused-ring (bicyclic) bond motifs is 2. The molecule has 4 aliphatic rings. The average molecular weight is 1000 g/mol. The van der Waals surface area contributed by atoms with Crippen LogP contribution in [0.1, 0.15) is 138 Å². The molecule has 0 spiro atoms. The SMILES string of the molecule is C.Cc1c(C(=O)CC[C@@H](C)OC2CCC2)ccc2nn(CC3CN(C(=O)c4ccc(Cl)cc4)C3)cc12.Cc1c(C(=O)CC[C@H](C)OC2CCC2)ccc2nn(CC3CN(C(=O)c4ccc(Cl)cc4)C3)cc12. The summed E-state index contributed by atoms with van der Waals surface area (Å²) in [5.74, 6) is 1.12. The minimum atomic E-state index is 0. The molecule has 4 heterocycles. The van der Waals surface area contributed by atoms with Crippen LogP contribution < -0.4 is 0 Å². The van der Waals surface area contributed by atoms with E-state index in [0.717, 1.165) is 95.7 Å². The molecular formula is C57H68Cl2N6O6. The zero-order chi connectivity index (χ0) is 49.1. The summed E-state index contributed by atoms with van der Waals surface area (Å²) in [6, 6.07) is 21.7. The highest BCUT2D eigenvalue weighted by Crippen LogP contribution is 2.30. The first-order valence-corrected chi connectivity index (χ1v) is 25.9. The summed E-state index contributed by atoms with van der Waals surface area (Å²) in [4.78, 5) is 54.8. The van der Waals surface area contributed by atoms with Gasteiger partial charge in [0.25, 0.3) is 11.8 Å². The van der Waals surface area contributed by atoms with Crippen molar-refractivity contribution in [2.24, 2.45) is 11.8 Å². The van der Waals surface area contributed by atoms with Crippen LogP contribution in [0.5, 0.6) is 0 Å². The number of ether oxygens (including phenoxy) is 2. The normalized spacial score (nSPS) is 17.0. The summed E-state index contributed by atoms with van der Waals surface area (Å²) in [5.41, 5.74) is 6.64. The maximum Gasteiger partial charge on any atom is 0.253 e. The molecule has 0 bridgehead atoms. The van der Waals surface area contributed by atoms with Gasteiger partial charge in [0.15, 0.2) is 11.6 Å². The fraction of sp³-hybridized carbons (Fsp3) is 0.474. The quantitative estimate of drug-likeness (QED) is 0.0779. The predicted octanol–water partition coefficient (Wildman–Crippen LogP) is 12.0.